The maximum atomic E-state index is 4.93. The third-order valence-corrected chi connectivity index (χ3v) is 4.86. The van der Waals surface area contributed by atoms with Crippen LogP contribution in [0.1, 0.15) is 0 Å². The zero-order valence-corrected chi connectivity index (χ0v) is 12.2. The zero-order valence-electron chi connectivity index (χ0n) is 6.33. The van der Waals surface area contributed by atoms with Gasteiger partial charge >= 0.3 is 0 Å². The van der Waals surface area contributed by atoms with Crippen LogP contribution >= 0.6 is 23.5 Å². The maximum absolute atomic E-state index is 4.93. The smallest absolute Gasteiger partial charge is 0.00527 e. The summed E-state index contributed by atoms with van der Waals surface area (Å²) in [4.78, 5) is 0. The minimum absolute atomic E-state index is 0. The van der Waals surface area contributed by atoms with Crippen molar-refractivity contribution in [1.82, 2.24) is 0 Å². The van der Waals surface area contributed by atoms with E-state index in [1.165, 1.54) is 10.8 Å². The Balaban J connectivity index is 0. The molecule has 0 saturated heterocycles. The van der Waals surface area contributed by atoms with Crippen LogP contribution in [0.3, 0.4) is 0 Å². The van der Waals surface area contributed by atoms with Gasteiger partial charge in [0.15, 0.2) is 0 Å². The Kier molecular flexibility index (Phi) is 15.2. The molecule has 0 atom stereocenters. The Morgan fingerprint density at radius 1 is 0.923 bits per heavy atom. The van der Waals surface area contributed by atoms with E-state index in [1.807, 2.05) is 0 Å². The third-order valence-electron chi connectivity index (χ3n) is 0.772. The summed E-state index contributed by atoms with van der Waals surface area (Å²) < 4.78 is 1.83. The fraction of sp³-hybridized carbons (Fsp3) is 0.333. The molecule has 1 rings (SSSR count). The Labute approximate surface area is 120 Å². The molecule has 7 heteroatoms. The molecule has 0 amide bonds. The van der Waals surface area contributed by atoms with E-state index in [4.69, 9.17) is 25.3 Å². The zero-order chi connectivity index (χ0) is 9.40. The molecular weight excluding hydrogens is 323 g/mol. The monoisotopic (exact) mass is 328 g/mol. The molecule has 0 aromatic rings. The Morgan fingerprint density at radius 2 is 1.23 bits per heavy atom. The van der Waals surface area contributed by atoms with Gasteiger partial charge in [0.2, 0.25) is 0 Å². The topological polar surface area (TPSA) is 0 Å². The van der Waals surface area contributed by atoms with Crippen LogP contribution in [0.25, 0.3) is 0 Å². The van der Waals surface area contributed by atoms with Crippen molar-refractivity contribution in [3.05, 3.63) is 19.3 Å². The molecule has 1 aliphatic rings. The summed E-state index contributed by atoms with van der Waals surface area (Å²) in [5.41, 5.74) is 0. The first-order chi connectivity index (χ1) is 5.72. The average Bonchev–Trinajstić information content (AvgIpc) is 2.11. The van der Waals surface area contributed by atoms with E-state index < -0.39 is 0 Å². The van der Waals surface area contributed by atoms with Crippen molar-refractivity contribution in [2.75, 3.05) is 11.5 Å². The van der Waals surface area contributed by atoms with Crippen LogP contribution in [-0.4, -0.2) is 11.5 Å². The number of hydrogen-bond acceptors (Lipinski definition) is 6. The predicted octanol–water partition coefficient (Wildman–Crippen LogP) is 2.24. The Morgan fingerprint density at radius 3 is 1.38 bits per heavy atom. The molecule has 0 nitrogen and oxygen atoms in total. The summed E-state index contributed by atoms with van der Waals surface area (Å²) in [6.07, 6.45) is 0. The molecule has 0 N–H and O–H groups in total. The molecule has 1 heterocycles. The first-order valence-corrected chi connectivity index (χ1v) is 6.68. The van der Waals surface area contributed by atoms with Crippen LogP contribution in [-0.2, 0) is 67.0 Å². The van der Waals surface area contributed by atoms with Crippen LogP contribution in [0.15, 0.2) is 19.3 Å². The normalized spacial score (nSPS) is 16.0. The standard InChI is InChI=1S/C4H6S4.C2H4S2.Ni/c5-3-4(6)8-2-1-7-3;3-1-2-4;/h5-6H,1-2H2;1-4H;/p-4/b;2-1-;. The number of hydrogen-bond donors (Lipinski definition) is 0. The SMILES string of the molecule is [Ni].[S-]/C=C\[S-].[S-]C1=C([S-])SCCS1. The van der Waals surface area contributed by atoms with Crippen LogP contribution < -0.4 is 0 Å². The largest absolute Gasteiger partial charge is 0.789 e. The van der Waals surface area contributed by atoms with Gasteiger partial charge in [0, 0.05) is 28.0 Å². The Bertz CT molecular complexity index is 160. The van der Waals surface area contributed by atoms with Gasteiger partial charge in [-0.2, -0.15) is 32.0 Å². The second-order valence-electron chi connectivity index (χ2n) is 1.54. The van der Waals surface area contributed by atoms with E-state index in [0.29, 0.717) is 0 Å². The molecule has 0 radical (unpaired) electrons. The summed E-state index contributed by atoms with van der Waals surface area (Å²) in [7, 11) is 0. The van der Waals surface area contributed by atoms with Crippen LogP contribution in [0, 0.1) is 0 Å². The van der Waals surface area contributed by atoms with Crippen LogP contribution in [0.5, 0.6) is 0 Å². The average molecular weight is 329 g/mol. The summed E-state index contributed by atoms with van der Waals surface area (Å²) in [5, 5.41) is 2.80. The summed E-state index contributed by atoms with van der Waals surface area (Å²) in [6.45, 7) is 0. The van der Waals surface area contributed by atoms with Crippen LogP contribution in [0.4, 0.5) is 0 Å². The van der Waals surface area contributed by atoms with Crippen molar-refractivity contribution in [3.63, 3.8) is 0 Å². The summed E-state index contributed by atoms with van der Waals surface area (Å²) in [5.74, 6) is 2.26. The van der Waals surface area contributed by atoms with Gasteiger partial charge in [-0.05, 0) is 0 Å². The van der Waals surface area contributed by atoms with Crippen molar-refractivity contribution < 1.29 is 16.5 Å². The van der Waals surface area contributed by atoms with Gasteiger partial charge in [-0.25, -0.2) is 10.8 Å². The maximum Gasteiger partial charge on any atom is 0.00527 e. The predicted molar refractivity (Wildman–Crippen MR) is 70.5 cm³/mol. The summed E-state index contributed by atoms with van der Waals surface area (Å²) in [6, 6.07) is 0. The molecule has 13 heavy (non-hydrogen) atoms. The van der Waals surface area contributed by atoms with Crippen LogP contribution in [0.2, 0.25) is 0 Å². The fourth-order valence-electron chi connectivity index (χ4n) is 0.387. The molecule has 0 unspecified atom stereocenters. The second-order valence-corrected chi connectivity index (χ2v) is 5.63. The van der Waals surface area contributed by atoms with Crippen molar-refractivity contribution in [1.29, 1.82) is 0 Å². The number of thioether (sulfide) groups is 2. The van der Waals surface area contributed by atoms with Crippen molar-refractivity contribution in [3.8, 4) is 0 Å². The first kappa shape index (κ1) is 17.0. The fourth-order valence-corrected chi connectivity index (χ4v) is 2.87. The van der Waals surface area contributed by atoms with E-state index in [9.17, 15) is 0 Å². The second kappa shape index (κ2) is 11.6. The van der Waals surface area contributed by atoms with Gasteiger partial charge in [-0.3, -0.25) is 0 Å². The molecule has 0 spiro atoms. The van der Waals surface area contributed by atoms with Crippen molar-refractivity contribution in [2.45, 2.75) is 0 Å². The quantitative estimate of drug-likeness (QED) is 0.490. The minimum atomic E-state index is 0. The van der Waals surface area contributed by atoms with Gasteiger partial charge in [0.1, 0.15) is 0 Å². The molecule has 0 aromatic heterocycles. The Hall–Kier alpha value is 1.55. The number of rotatable bonds is 0. The molecule has 80 valence electrons. The van der Waals surface area contributed by atoms with E-state index in [2.05, 4.69) is 25.3 Å². The van der Waals surface area contributed by atoms with Gasteiger partial charge in [-0.1, -0.05) is 0 Å². The third kappa shape index (κ3) is 9.85. The molecule has 0 aromatic carbocycles. The first-order valence-electron chi connectivity index (χ1n) is 2.95. The van der Waals surface area contributed by atoms with Gasteiger partial charge in [0.25, 0.3) is 0 Å². The van der Waals surface area contributed by atoms with Gasteiger partial charge in [0.05, 0.1) is 0 Å². The van der Waals surface area contributed by atoms with Crippen molar-refractivity contribution >= 4 is 74.0 Å². The molecule has 1 aliphatic heterocycles. The molecular formula is C6H6NiS6-4. The molecule has 0 bridgehead atoms. The van der Waals surface area contributed by atoms with Gasteiger partial charge < -0.3 is 50.5 Å². The van der Waals surface area contributed by atoms with E-state index in [1.54, 1.807) is 23.5 Å². The minimum Gasteiger partial charge on any atom is -0.789 e. The van der Waals surface area contributed by atoms with Gasteiger partial charge in [-0.15, -0.1) is 0 Å². The summed E-state index contributed by atoms with van der Waals surface area (Å²) >= 11 is 21.8. The molecule has 0 fully saturated rings. The van der Waals surface area contributed by atoms with E-state index >= 15 is 0 Å². The molecule has 0 saturated carbocycles. The molecule has 0 aliphatic carbocycles. The van der Waals surface area contributed by atoms with E-state index in [-0.39, 0.29) is 16.5 Å². The van der Waals surface area contributed by atoms with E-state index in [0.717, 1.165) is 20.0 Å². The van der Waals surface area contributed by atoms with Crippen molar-refractivity contribution in [2.24, 2.45) is 0 Å².